The van der Waals surface area contributed by atoms with E-state index < -0.39 is 0 Å². The number of hydrogen-bond donors (Lipinski definition) is 1. The van der Waals surface area contributed by atoms with Gasteiger partial charge in [0.25, 0.3) is 0 Å². The number of aryl methyl sites for hydroxylation is 1. The number of nitrogens with two attached hydrogens (primary N) is 1. The van der Waals surface area contributed by atoms with Crippen LogP contribution in [0.3, 0.4) is 0 Å². The van der Waals surface area contributed by atoms with Crippen LogP contribution in [0.4, 0.5) is 11.6 Å². The van der Waals surface area contributed by atoms with Gasteiger partial charge in [0.2, 0.25) is 0 Å². The van der Waals surface area contributed by atoms with Gasteiger partial charge in [-0.1, -0.05) is 6.92 Å². The summed E-state index contributed by atoms with van der Waals surface area (Å²) in [6.07, 6.45) is 1.90. The van der Waals surface area contributed by atoms with Gasteiger partial charge in [-0.2, -0.15) is 0 Å². The molecule has 1 fully saturated rings. The number of ether oxygens (including phenoxy) is 1. The fourth-order valence-corrected chi connectivity index (χ4v) is 2.23. The molecule has 2 heterocycles. The van der Waals surface area contributed by atoms with Crippen LogP contribution in [0.15, 0.2) is 0 Å². The molecule has 18 heavy (non-hydrogen) atoms. The summed E-state index contributed by atoms with van der Waals surface area (Å²) in [5.41, 5.74) is 6.97. The molecule has 100 valence electrons. The van der Waals surface area contributed by atoms with E-state index in [0.717, 1.165) is 49.8 Å². The Morgan fingerprint density at radius 2 is 2.22 bits per heavy atom. The standard InChI is InChI=1S/C13H22N4O/c1-4-5-11-15-12(14)10(3)13(16-11)17-6-7-18-8-9(17)2/h9H,4-8H2,1-3H3,(H2,14,15,16). The highest BCUT2D eigenvalue weighted by Crippen LogP contribution is 2.25. The highest BCUT2D eigenvalue weighted by molar-refractivity contribution is 5.57. The van der Waals surface area contributed by atoms with E-state index in [9.17, 15) is 0 Å². The maximum absolute atomic E-state index is 5.99. The van der Waals surface area contributed by atoms with Gasteiger partial charge in [0, 0.05) is 18.5 Å². The normalized spacial score (nSPS) is 20.2. The van der Waals surface area contributed by atoms with Crippen molar-refractivity contribution < 1.29 is 4.74 Å². The average Bonchev–Trinajstić information content (AvgIpc) is 2.35. The summed E-state index contributed by atoms with van der Waals surface area (Å²) in [6.45, 7) is 8.61. The Labute approximate surface area is 108 Å². The minimum atomic E-state index is 0.334. The van der Waals surface area contributed by atoms with E-state index in [0.29, 0.717) is 11.9 Å². The van der Waals surface area contributed by atoms with Crippen LogP contribution in [0.1, 0.15) is 31.7 Å². The van der Waals surface area contributed by atoms with Crippen molar-refractivity contribution >= 4 is 11.6 Å². The van der Waals surface area contributed by atoms with Crippen molar-refractivity contribution in [2.24, 2.45) is 0 Å². The van der Waals surface area contributed by atoms with Crippen molar-refractivity contribution in [1.82, 2.24) is 9.97 Å². The van der Waals surface area contributed by atoms with Crippen molar-refractivity contribution in [3.8, 4) is 0 Å². The smallest absolute Gasteiger partial charge is 0.137 e. The molecule has 0 amide bonds. The highest BCUT2D eigenvalue weighted by Gasteiger charge is 2.23. The Morgan fingerprint density at radius 3 is 2.89 bits per heavy atom. The minimum absolute atomic E-state index is 0.334. The van der Waals surface area contributed by atoms with E-state index in [1.54, 1.807) is 0 Å². The molecular formula is C13H22N4O. The maximum atomic E-state index is 5.99. The molecule has 1 aromatic rings. The van der Waals surface area contributed by atoms with Crippen LogP contribution in [0.2, 0.25) is 0 Å². The summed E-state index contributed by atoms with van der Waals surface area (Å²) in [4.78, 5) is 11.3. The van der Waals surface area contributed by atoms with Crippen LogP contribution in [0.5, 0.6) is 0 Å². The second-order valence-corrected chi connectivity index (χ2v) is 4.84. The van der Waals surface area contributed by atoms with Gasteiger partial charge in [-0.05, 0) is 20.3 Å². The first-order chi connectivity index (χ1) is 8.63. The number of aromatic nitrogens is 2. The van der Waals surface area contributed by atoms with E-state index in [1.807, 2.05) is 6.92 Å². The van der Waals surface area contributed by atoms with Crippen LogP contribution >= 0.6 is 0 Å². The molecule has 0 radical (unpaired) electrons. The molecule has 1 saturated heterocycles. The number of hydrogen-bond acceptors (Lipinski definition) is 5. The lowest BCUT2D eigenvalue weighted by Crippen LogP contribution is -2.44. The zero-order valence-electron chi connectivity index (χ0n) is 11.4. The molecule has 2 N–H and O–H groups in total. The molecule has 0 aromatic carbocycles. The van der Waals surface area contributed by atoms with Crippen LogP contribution in [0.25, 0.3) is 0 Å². The molecule has 1 atom stereocenters. The summed E-state index contributed by atoms with van der Waals surface area (Å²) in [5.74, 6) is 2.41. The Bertz CT molecular complexity index is 422. The third-order valence-electron chi connectivity index (χ3n) is 3.32. The van der Waals surface area contributed by atoms with Crippen molar-refractivity contribution in [2.75, 3.05) is 30.4 Å². The molecule has 0 spiro atoms. The zero-order chi connectivity index (χ0) is 13.1. The molecule has 0 saturated carbocycles. The van der Waals surface area contributed by atoms with E-state index in [-0.39, 0.29) is 0 Å². The van der Waals surface area contributed by atoms with Gasteiger partial charge < -0.3 is 15.4 Å². The van der Waals surface area contributed by atoms with Crippen molar-refractivity contribution in [3.05, 3.63) is 11.4 Å². The number of nitrogen functional groups attached to an aromatic ring is 1. The first kappa shape index (κ1) is 13.1. The molecule has 1 unspecified atom stereocenters. The van der Waals surface area contributed by atoms with Crippen molar-refractivity contribution in [1.29, 1.82) is 0 Å². The molecule has 5 nitrogen and oxygen atoms in total. The van der Waals surface area contributed by atoms with Crippen LogP contribution in [0, 0.1) is 6.92 Å². The van der Waals surface area contributed by atoms with Crippen LogP contribution in [-0.4, -0.2) is 35.8 Å². The third-order valence-corrected chi connectivity index (χ3v) is 3.32. The lowest BCUT2D eigenvalue weighted by molar-refractivity contribution is 0.0984. The quantitative estimate of drug-likeness (QED) is 0.881. The predicted molar refractivity (Wildman–Crippen MR) is 72.8 cm³/mol. The summed E-state index contributed by atoms with van der Waals surface area (Å²) in [6, 6.07) is 0.334. The van der Waals surface area contributed by atoms with Gasteiger partial charge in [0.05, 0.1) is 19.3 Å². The number of rotatable bonds is 3. The second-order valence-electron chi connectivity index (χ2n) is 4.84. The second kappa shape index (κ2) is 5.52. The third kappa shape index (κ3) is 2.56. The lowest BCUT2D eigenvalue weighted by Gasteiger charge is -2.35. The van der Waals surface area contributed by atoms with Gasteiger partial charge in [-0.25, -0.2) is 9.97 Å². The van der Waals surface area contributed by atoms with Crippen molar-refractivity contribution in [3.63, 3.8) is 0 Å². The SMILES string of the molecule is CCCc1nc(N)c(C)c(N2CCOCC2C)n1. The minimum Gasteiger partial charge on any atom is -0.383 e. The van der Waals surface area contributed by atoms with E-state index in [2.05, 4.69) is 28.7 Å². The number of anilines is 2. The maximum Gasteiger partial charge on any atom is 0.137 e. The van der Waals surface area contributed by atoms with Gasteiger partial charge in [0.1, 0.15) is 17.5 Å². The zero-order valence-corrected chi connectivity index (χ0v) is 11.4. The monoisotopic (exact) mass is 250 g/mol. The van der Waals surface area contributed by atoms with E-state index >= 15 is 0 Å². The fraction of sp³-hybridized carbons (Fsp3) is 0.692. The van der Waals surface area contributed by atoms with Gasteiger partial charge in [0.15, 0.2) is 0 Å². The Kier molecular flexibility index (Phi) is 4.01. The summed E-state index contributed by atoms with van der Waals surface area (Å²) >= 11 is 0. The Balaban J connectivity index is 2.35. The topological polar surface area (TPSA) is 64.3 Å². The first-order valence-electron chi connectivity index (χ1n) is 6.60. The molecule has 0 aliphatic carbocycles. The van der Waals surface area contributed by atoms with E-state index in [1.165, 1.54) is 0 Å². The Morgan fingerprint density at radius 1 is 1.44 bits per heavy atom. The van der Waals surface area contributed by atoms with Gasteiger partial charge >= 0.3 is 0 Å². The van der Waals surface area contributed by atoms with Gasteiger partial charge in [-0.15, -0.1) is 0 Å². The fourth-order valence-electron chi connectivity index (χ4n) is 2.23. The van der Waals surface area contributed by atoms with Gasteiger partial charge in [-0.3, -0.25) is 0 Å². The largest absolute Gasteiger partial charge is 0.383 e. The summed E-state index contributed by atoms with van der Waals surface area (Å²) in [5, 5.41) is 0. The summed E-state index contributed by atoms with van der Waals surface area (Å²) < 4.78 is 5.46. The molecule has 1 aliphatic heterocycles. The molecule has 0 bridgehead atoms. The molecule has 5 heteroatoms. The molecule has 2 rings (SSSR count). The predicted octanol–water partition coefficient (Wildman–Crippen LogP) is 1.54. The average molecular weight is 250 g/mol. The molecule has 1 aromatic heterocycles. The van der Waals surface area contributed by atoms with Crippen molar-refractivity contribution in [2.45, 2.75) is 39.7 Å². The van der Waals surface area contributed by atoms with Crippen LogP contribution < -0.4 is 10.6 Å². The van der Waals surface area contributed by atoms with Crippen LogP contribution in [-0.2, 0) is 11.2 Å². The molecular weight excluding hydrogens is 228 g/mol. The lowest BCUT2D eigenvalue weighted by atomic mass is 10.2. The Hall–Kier alpha value is -1.36. The molecule has 1 aliphatic rings. The number of nitrogens with zero attached hydrogens (tertiary/aromatic N) is 3. The first-order valence-corrected chi connectivity index (χ1v) is 6.60. The highest BCUT2D eigenvalue weighted by atomic mass is 16.5. The van der Waals surface area contributed by atoms with E-state index in [4.69, 9.17) is 10.5 Å². The summed E-state index contributed by atoms with van der Waals surface area (Å²) in [7, 11) is 0. The number of morpholine rings is 1.